The second kappa shape index (κ2) is 10.1. The van der Waals surface area contributed by atoms with Gasteiger partial charge in [-0.05, 0) is 49.6 Å². The summed E-state index contributed by atoms with van der Waals surface area (Å²) < 4.78 is 5.67. The predicted octanol–water partition coefficient (Wildman–Crippen LogP) is 3.53. The van der Waals surface area contributed by atoms with Crippen molar-refractivity contribution in [2.75, 3.05) is 18.4 Å². The van der Waals surface area contributed by atoms with Gasteiger partial charge in [0.1, 0.15) is 5.75 Å². The Labute approximate surface area is 188 Å². The van der Waals surface area contributed by atoms with E-state index in [4.69, 9.17) is 10.5 Å². The molecule has 0 spiro atoms. The van der Waals surface area contributed by atoms with Crippen molar-refractivity contribution in [2.45, 2.75) is 25.7 Å². The molecule has 1 aliphatic carbocycles. The standard InChI is InChI=1S/C21H24N4O3.2ClH/c22-19(26)14-4-3-6-17(10-14)28-18-8-7-16(12-24-18)25-20(27)21-9-2-1-5-15(21)11-23-13-21;;/h3-4,6-8,10,12,15,23H,1-2,5,9,11,13H2,(H2,22,26)(H,25,27);2*1H/t15-,21+;;/m0../s1. The molecule has 2 atom stereocenters. The number of carbonyl (C=O) groups excluding carboxylic acids is 2. The summed E-state index contributed by atoms with van der Waals surface area (Å²) in [6.45, 7) is 1.66. The zero-order chi connectivity index (χ0) is 19.6. The Morgan fingerprint density at radius 1 is 1.20 bits per heavy atom. The number of carbonyl (C=O) groups is 2. The van der Waals surface area contributed by atoms with Crippen LogP contribution in [0.3, 0.4) is 0 Å². The molecule has 1 aromatic heterocycles. The number of nitrogens with two attached hydrogens (primary N) is 1. The SMILES string of the molecule is Cl.Cl.NC(=O)c1cccc(Oc2ccc(NC(=O)[C@@]34CCCC[C@H]3CNC4)cn2)c1. The summed E-state index contributed by atoms with van der Waals surface area (Å²) in [6, 6.07) is 10.1. The van der Waals surface area contributed by atoms with Gasteiger partial charge in [0.2, 0.25) is 17.7 Å². The third kappa shape index (κ3) is 4.86. The zero-order valence-electron chi connectivity index (χ0n) is 16.4. The van der Waals surface area contributed by atoms with Crippen molar-refractivity contribution in [3.63, 3.8) is 0 Å². The fourth-order valence-corrected chi connectivity index (χ4v) is 4.29. The Bertz CT molecular complexity index is 894. The number of primary amides is 1. The second-order valence-electron chi connectivity index (χ2n) is 7.56. The summed E-state index contributed by atoms with van der Waals surface area (Å²) in [5, 5.41) is 6.42. The molecule has 30 heavy (non-hydrogen) atoms. The van der Waals surface area contributed by atoms with Crippen LogP contribution in [0.15, 0.2) is 42.6 Å². The molecular weight excluding hydrogens is 427 g/mol. The highest BCUT2D eigenvalue weighted by Gasteiger charge is 2.49. The van der Waals surface area contributed by atoms with Gasteiger partial charge in [-0.25, -0.2) is 4.98 Å². The topological polar surface area (TPSA) is 106 Å². The number of halogens is 2. The van der Waals surface area contributed by atoms with E-state index in [0.29, 0.717) is 28.8 Å². The molecule has 4 N–H and O–H groups in total. The number of hydrogen-bond donors (Lipinski definition) is 3. The van der Waals surface area contributed by atoms with Crippen LogP contribution in [-0.2, 0) is 4.79 Å². The number of benzene rings is 1. The van der Waals surface area contributed by atoms with Crippen LogP contribution in [0.1, 0.15) is 36.0 Å². The number of fused-ring (bicyclic) bond motifs is 1. The first kappa shape index (κ1) is 23.9. The van der Waals surface area contributed by atoms with E-state index in [2.05, 4.69) is 15.6 Å². The maximum atomic E-state index is 13.0. The lowest BCUT2D eigenvalue weighted by molar-refractivity contribution is -0.128. The van der Waals surface area contributed by atoms with Crippen molar-refractivity contribution in [1.29, 1.82) is 0 Å². The smallest absolute Gasteiger partial charge is 0.248 e. The Morgan fingerprint density at radius 3 is 2.77 bits per heavy atom. The molecule has 7 nitrogen and oxygen atoms in total. The number of amides is 2. The lowest BCUT2D eigenvalue weighted by Gasteiger charge is -2.37. The molecule has 1 aromatic carbocycles. The minimum atomic E-state index is -0.515. The van der Waals surface area contributed by atoms with Gasteiger partial charge < -0.3 is 21.1 Å². The number of nitrogens with one attached hydrogen (secondary N) is 2. The maximum absolute atomic E-state index is 13.0. The molecule has 1 saturated heterocycles. The van der Waals surface area contributed by atoms with Crippen molar-refractivity contribution < 1.29 is 14.3 Å². The van der Waals surface area contributed by atoms with Crippen molar-refractivity contribution in [1.82, 2.24) is 10.3 Å². The van der Waals surface area contributed by atoms with Crippen molar-refractivity contribution in [2.24, 2.45) is 17.1 Å². The minimum absolute atomic E-state index is 0. The summed E-state index contributed by atoms with van der Waals surface area (Å²) in [5.74, 6) is 0.817. The molecule has 162 valence electrons. The summed E-state index contributed by atoms with van der Waals surface area (Å²) in [4.78, 5) is 28.5. The normalized spacial score (nSPS) is 22.1. The van der Waals surface area contributed by atoms with Crippen LogP contribution in [0.5, 0.6) is 11.6 Å². The molecule has 9 heteroatoms. The first-order chi connectivity index (χ1) is 13.6. The molecule has 4 rings (SSSR count). The quantitative estimate of drug-likeness (QED) is 0.642. The van der Waals surface area contributed by atoms with Gasteiger partial charge in [-0.3, -0.25) is 9.59 Å². The van der Waals surface area contributed by atoms with Crippen LogP contribution in [0.2, 0.25) is 0 Å². The molecule has 2 heterocycles. The highest BCUT2D eigenvalue weighted by Crippen LogP contribution is 2.44. The van der Waals surface area contributed by atoms with Crippen LogP contribution in [0.25, 0.3) is 0 Å². The monoisotopic (exact) mass is 452 g/mol. The Morgan fingerprint density at radius 2 is 2.03 bits per heavy atom. The Kier molecular flexibility index (Phi) is 8.06. The van der Waals surface area contributed by atoms with E-state index in [1.807, 2.05) is 0 Å². The van der Waals surface area contributed by atoms with E-state index in [1.165, 1.54) is 6.42 Å². The van der Waals surface area contributed by atoms with Gasteiger partial charge in [0.05, 0.1) is 17.3 Å². The number of anilines is 1. The van der Waals surface area contributed by atoms with Gasteiger partial charge in [-0.1, -0.05) is 18.9 Å². The third-order valence-corrected chi connectivity index (χ3v) is 5.83. The fourth-order valence-electron chi connectivity index (χ4n) is 4.29. The van der Waals surface area contributed by atoms with Gasteiger partial charge in [-0.2, -0.15) is 0 Å². The van der Waals surface area contributed by atoms with E-state index < -0.39 is 5.91 Å². The summed E-state index contributed by atoms with van der Waals surface area (Å²) in [5.41, 5.74) is 6.00. The van der Waals surface area contributed by atoms with E-state index in [1.54, 1.807) is 42.6 Å². The van der Waals surface area contributed by atoms with Gasteiger partial charge in [0.25, 0.3) is 0 Å². The molecule has 2 fully saturated rings. The number of ether oxygens (including phenoxy) is 1. The summed E-state index contributed by atoms with van der Waals surface area (Å²) >= 11 is 0. The number of pyridine rings is 1. The molecule has 0 unspecified atom stereocenters. The number of aromatic nitrogens is 1. The summed E-state index contributed by atoms with van der Waals surface area (Å²) in [7, 11) is 0. The fraction of sp³-hybridized carbons (Fsp3) is 0.381. The average Bonchev–Trinajstić information content (AvgIpc) is 3.15. The number of hydrogen-bond acceptors (Lipinski definition) is 5. The van der Waals surface area contributed by atoms with Crippen molar-refractivity contribution >= 4 is 42.3 Å². The van der Waals surface area contributed by atoms with Crippen LogP contribution in [-0.4, -0.2) is 29.9 Å². The minimum Gasteiger partial charge on any atom is -0.439 e. The molecular formula is C21H26Cl2N4O3. The molecule has 1 saturated carbocycles. The number of rotatable bonds is 5. The van der Waals surface area contributed by atoms with Crippen LogP contribution >= 0.6 is 24.8 Å². The van der Waals surface area contributed by atoms with Crippen LogP contribution in [0, 0.1) is 11.3 Å². The first-order valence-electron chi connectivity index (χ1n) is 9.63. The molecule has 0 radical (unpaired) electrons. The van der Waals surface area contributed by atoms with Crippen LogP contribution in [0.4, 0.5) is 5.69 Å². The van der Waals surface area contributed by atoms with E-state index in [-0.39, 0.29) is 36.1 Å². The Balaban J connectivity index is 0.00000160. The maximum Gasteiger partial charge on any atom is 0.248 e. The third-order valence-electron chi connectivity index (χ3n) is 5.83. The van der Waals surface area contributed by atoms with Gasteiger partial charge in [-0.15, -0.1) is 24.8 Å². The highest BCUT2D eigenvalue weighted by atomic mass is 35.5. The van der Waals surface area contributed by atoms with E-state index >= 15 is 0 Å². The predicted molar refractivity (Wildman–Crippen MR) is 120 cm³/mol. The zero-order valence-corrected chi connectivity index (χ0v) is 18.1. The van der Waals surface area contributed by atoms with E-state index in [9.17, 15) is 9.59 Å². The first-order valence-corrected chi connectivity index (χ1v) is 9.63. The summed E-state index contributed by atoms with van der Waals surface area (Å²) in [6.07, 6.45) is 5.92. The molecule has 0 bridgehead atoms. The average molecular weight is 453 g/mol. The van der Waals surface area contributed by atoms with Gasteiger partial charge >= 0.3 is 0 Å². The van der Waals surface area contributed by atoms with Gasteiger partial charge in [0, 0.05) is 18.2 Å². The Hall–Kier alpha value is -2.35. The van der Waals surface area contributed by atoms with Crippen molar-refractivity contribution in [3.05, 3.63) is 48.2 Å². The second-order valence-corrected chi connectivity index (χ2v) is 7.56. The highest BCUT2D eigenvalue weighted by molar-refractivity contribution is 5.96. The van der Waals surface area contributed by atoms with E-state index in [0.717, 1.165) is 32.4 Å². The van der Waals surface area contributed by atoms with Crippen molar-refractivity contribution in [3.8, 4) is 11.6 Å². The molecule has 2 aliphatic rings. The largest absolute Gasteiger partial charge is 0.439 e. The van der Waals surface area contributed by atoms with Gasteiger partial charge in [0.15, 0.2) is 0 Å². The lowest BCUT2D eigenvalue weighted by atomic mass is 9.67. The molecule has 1 aliphatic heterocycles. The molecule has 2 aromatic rings. The molecule has 2 amide bonds. The number of nitrogens with zero attached hydrogens (tertiary/aromatic N) is 1. The van der Waals surface area contributed by atoms with Crippen LogP contribution < -0.4 is 21.1 Å². The lowest BCUT2D eigenvalue weighted by Crippen LogP contribution is -2.44.